The van der Waals surface area contributed by atoms with E-state index in [1.54, 1.807) is 18.2 Å². The first-order valence-corrected chi connectivity index (χ1v) is 10.2. The highest BCUT2D eigenvalue weighted by Crippen LogP contribution is 2.25. The average Bonchev–Trinajstić information content (AvgIpc) is 3.18. The number of nitrogens with zero attached hydrogens (tertiary/aromatic N) is 1. The molecule has 0 saturated carbocycles. The summed E-state index contributed by atoms with van der Waals surface area (Å²) in [4.78, 5) is 24.2. The van der Waals surface area contributed by atoms with Gasteiger partial charge >= 0.3 is 11.8 Å². The third-order valence-electron chi connectivity index (χ3n) is 4.48. The van der Waals surface area contributed by atoms with Crippen LogP contribution in [-0.4, -0.2) is 43.7 Å². The van der Waals surface area contributed by atoms with Crippen molar-refractivity contribution in [3.63, 3.8) is 0 Å². The van der Waals surface area contributed by atoms with E-state index in [9.17, 15) is 22.4 Å². The number of rotatable bonds is 5. The number of anilines is 1. The fourth-order valence-electron chi connectivity index (χ4n) is 3.07. The van der Waals surface area contributed by atoms with Crippen molar-refractivity contribution in [2.45, 2.75) is 23.8 Å². The maximum absolute atomic E-state index is 12.9. The minimum atomic E-state index is -3.66. The van der Waals surface area contributed by atoms with Gasteiger partial charge in [-0.1, -0.05) is 18.2 Å². The van der Waals surface area contributed by atoms with Gasteiger partial charge in [-0.05, 0) is 49.2 Å². The summed E-state index contributed by atoms with van der Waals surface area (Å²) in [5.74, 6) is -2.24. The third-order valence-corrected chi connectivity index (χ3v) is 6.45. The summed E-state index contributed by atoms with van der Waals surface area (Å²) in [6, 6.07) is 12.7. The summed E-state index contributed by atoms with van der Waals surface area (Å²) >= 11 is 0. The first-order valence-electron chi connectivity index (χ1n) is 8.79. The third kappa shape index (κ3) is 4.55. The van der Waals surface area contributed by atoms with Crippen LogP contribution in [0.4, 0.5) is 10.1 Å². The minimum absolute atomic E-state index is 0.0295. The quantitative estimate of drug-likeness (QED) is 0.741. The Hall–Kier alpha value is -2.78. The number of carbonyl (C=O) groups is 2. The van der Waals surface area contributed by atoms with E-state index in [2.05, 4.69) is 10.6 Å². The van der Waals surface area contributed by atoms with Crippen LogP contribution in [-0.2, 0) is 19.6 Å². The molecule has 0 aromatic heterocycles. The molecule has 0 aliphatic carbocycles. The topological polar surface area (TPSA) is 95.6 Å². The summed E-state index contributed by atoms with van der Waals surface area (Å²) in [6.07, 6.45) is 1.26. The predicted octanol–water partition coefficient (Wildman–Crippen LogP) is 1.73. The van der Waals surface area contributed by atoms with Gasteiger partial charge in [0.15, 0.2) is 0 Å². The molecule has 1 fully saturated rings. The second kappa shape index (κ2) is 8.49. The lowest BCUT2D eigenvalue weighted by atomic mass is 10.2. The van der Waals surface area contributed by atoms with Crippen LogP contribution in [0.15, 0.2) is 59.5 Å². The Labute approximate surface area is 162 Å². The summed E-state index contributed by atoms with van der Waals surface area (Å²) in [6.45, 7) is 0.390. The largest absolute Gasteiger partial charge is 0.346 e. The van der Waals surface area contributed by atoms with E-state index in [0.717, 1.165) is 0 Å². The van der Waals surface area contributed by atoms with Crippen molar-refractivity contribution in [2.24, 2.45) is 0 Å². The first-order chi connectivity index (χ1) is 13.4. The van der Waals surface area contributed by atoms with E-state index in [4.69, 9.17) is 0 Å². The zero-order valence-electron chi connectivity index (χ0n) is 15.0. The predicted molar refractivity (Wildman–Crippen MR) is 101 cm³/mol. The normalized spacial score (nSPS) is 17.2. The van der Waals surface area contributed by atoms with E-state index in [-0.39, 0.29) is 17.1 Å². The lowest BCUT2D eigenvalue weighted by molar-refractivity contribution is -0.136. The Morgan fingerprint density at radius 1 is 1.04 bits per heavy atom. The molecular weight excluding hydrogens is 385 g/mol. The molecule has 0 unspecified atom stereocenters. The molecule has 2 aromatic carbocycles. The lowest BCUT2D eigenvalue weighted by Gasteiger charge is -2.24. The van der Waals surface area contributed by atoms with Crippen molar-refractivity contribution in [3.8, 4) is 0 Å². The molecule has 0 bridgehead atoms. The summed E-state index contributed by atoms with van der Waals surface area (Å²) in [5, 5.41) is 4.84. The number of sulfonamides is 1. The number of hydrogen-bond donors (Lipinski definition) is 2. The second-order valence-electron chi connectivity index (χ2n) is 6.40. The summed E-state index contributed by atoms with van der Waals surface area (Å²) < 4.78 is 39.8. The van der Waals surface area contributed by atoms with Gasteiger partial charge in [0.2, 0.25) is 10.0 Å². The molecule has 2 amide bonds. The Balaban J connectivity index is 1.59. The van der Waals surface area contributed by atoms with Crippen molar-refractivity contribution >= 4 is 27.5 Å². The molecule has 1 saturated heterocycles. The first kappa shape index (κ1) is 20.0. The van der Waals surface area contributed by atoms with Crippen LogP contribution in [0.3, 0.4) is 0 Å². The Morgan fingerprint density at radius 2 is 1.71 bits per heavy atom. The number of amides is 2. The molecule has 0 radical (unpaired) electrons. The number of halogens is 1. The SMILES string of the molecule is O=C(NC[C@@H]1CCCN1S(=O)(=O)c1ccccc1)C(=O)Nc1ccc(F)cc1. The number of hydrogen-bond acceptors (Lipinski definition) is 4. The van der Waals surface area contributed by atoms with Crippen LogP contribution in [0.25, 0.3) is 0 Å². The van der Waals surface area contributed by atoms with Crippen molar-refractivity contribution in [1.82, 2.24) is 9.62 Å². The molecule has 0 spiro atoms. The fourth-order valence-corrected chi connectivity index (χ4v) is 4.78. The highest BCUT2D eigenvalue weighted by molar-refractivity contribution is 7.89. The fraction of sp³-hybridized carbons (Fsp3) is 0.263. The molecule has 1 atom stereocenters. The smallest absolute Gasteiger partial charge is 0.313 e. The molecule has 1 heterocycles. The molecular formula is C19H20FN3O4S. The van der Waals surface area contributed by atoms with E-state index in [0.29, 0.717) is 19.4 Å². The van der Waals surface area contributed by atoms with Gasteiger partial charge in [-0.3, -0.25) is 9.59 Å². The van der Waals surface area contributed by atoms with Crippen LogP contribution >= 0.6 is 0 Å². The van der Waals surface area contributed by atoms with Crippen molar-refractivity contribution < 1.29 is 22.4 Å². The van der Waals surface area contributed by atoms with Gasteiger partial charge in [-0.25, -0.2) is 12.8 Å². The maximum Gasteiger partial charge on any atom is 0.313 e. The minimum Gasteiger partial charge on any atom is -0.346 e. The molecule has 3 rings (SSSR count). The molecule has 2 N–H and O–H groups in total. The Kier molecular flexibility index (Phi) is 6.05. The molecule has 7 nitrogen and oxygen atoms in total. The van der Waals surface area contributed by atoms with Crippen molar-refractivity contribution in [2.75, 3.05) is 18.4 Å². The highest BCUT2D eigenvalue weighted by atomic mass is 32.2. The summed E-state index contributed by atoms with van der Waals surface area (Å²) in [5.41, 5.74) is 0.288. The number of benzene rings is 2. The van der Waals surface area contributed by atoms with Gasteiger partial charge in [-0.15, -0.1) is 0 Å². The van der Waals surface area contributed by atoms with Crippen LogP contribution in [0, 0.1) is 5.82 Å². The van der Waals surface area contributed by atoms with Gasteiger partial charge in [0.05, 0.1) is 4.90 Å². The van der Waals surface area contributed by atoms with Crippen LogP contribution in [0.2, 0.25) is 0 Å². The number of nitrogens with one attached hydrogen (secondary N) is 2. The van der Waals surface area contributed by atoms with Crippen LogP contribution < -0.4 is 10.6 Å². The van der Waals surface area contributed by atoms with Gasteiger partial charge < -0.3 is 10.6 Å². The monoisotopic (exact) mass is 405 g/mol. The van der Waals surface area contributed by atoms with Gasteiger partial charge in [-0.2, -0.15) is 4.31 Å². The van der Waals surface area contributed by atoms with Gasteiger partial charge in [0.25, 0.3) is 0 Å². The number of carbonyl (C=O) groups excluding carboxylic acids is 2. The molecule has 148 valence electrons. The zero-order chi connectivity index (χ0) is 20.1. The molecule has 1 aliphatic rings. The molecule has 9 heteroatoms. The van der Waals surface area contributed by atoms with Crippen LogP contribution in [0.1, 0.15) is 12.8 Å². The summed E-state index contributed by atoms with van der Waals surface area (Å²) in [7, 11) is -3.66. The Morgan fingerprint density at radius 3 is 2.39 bits per heavy atom. The molecule has 2 aromatic rings. The van der Waals surface area contributed by atoms with E-state index < -0.39 is 33.7 Å². The Bertz CT molecular complexity index is 949. The van der Waals surface area contributed by atoms with Crippen molar-refractivity contribution in [3.05, 3.63) is 60.4 Å². The molecule has 28 heavy (non-hydrogen) atoms. The maximum atomic E-state index is 12.9. The highest BCUT2D eigenvalue weighted by Gasteiger charge is 2.35. The standard InChI is InChI=1S/C19H20FN3O4S/c20-14-8-10-15(11-9-14)22-19(25)18(24)21-13-16-5-4-12-23(16)28(26,27)17-6-2-1-3-7-17/h1-3,6-11,16H,4-5,12-13H2,(H,21,24)(H,22,25)/t16-/m0/s1. The molecule has 1 aliphatic heterocycles. The van der Waals surface area contributed by atoms with E-state index in [1.807, 2.05) is 0 Å². The van der Waals surface area contributed by atoms with Gasteiger partial charge in [0.1, 0.15) is 5.82 Å². The average molecular weight is 405 g/mol. The van der Waals surface area contributed by atoms with Crippen LogP contribution in [0.5, 0.6) is 0 Å². The van der Waals surface area contributed by atoms with E-state index in [1.165, 1.54) is 40.7 Å². The zero-order valence-corrected chi connectivity index (χ0v) is 15.8. The van der Waals surface area contributed by atoms with Crippen molar-refractivity contribution in [1.29, 1.82) is 0 Å². The second-order valence-corrected chi connectivity index (χ2v) is 8.29. The lowest BCUT2D eigenvalue weighted by Crippen LogP contribution is -2.45. The van der Waals surface area contributed by atoms with E-state index >= 15 is 0 Å². The van der Waals surface area contributed by atoms with Gasteiger partial charge in [0, 0.05) is 24.8 Å².